The van der Waals surface area contributed by atoms with Gasteiger partial charge in [-0.3, -0.25) is 13.9 Å². The van der Waals surface area contributed by atoms with Gasteiger partial charge in [0.1, 0.15) is 5.52 Å². The van der Waals surface area contributed by atoms with Crippen molar-refractivity contribution in [3.63, 3.8) is 0 Å². The second kappa shape index (κ2) is 7.13. The quantitative estimate of drug-likeness (QED) is 0.427. The summed E-state index contributed by atoms with van der Waals surface area (Å²) >= 11 is 5.62. The van der Waals surface area contributed by atoms with Crippen molar-refractivity contribution in [1.82, 2.24) is 14.1 Å². The van der Waals surface area contributed by atoms with Crippen molar-refractivity contribution < 1.29 is 9.52 Å². The van der Waals surface area contributed by atoms with Gasteiger partial charge < -0.3 is 9.52 Å². The molecule has 0 fully saturated rings. The van der Waals surface area contributed by atoms with Gasteiger partial charge in [-0.25, -0.2) is 4.98 Å². The van der Waals surface area contributed by atoms with Crippen LogP contribution >= 0.6 is 12.2 Å². The molecule has 0 saturated heterocycles. The Morgan fingerprint density at radius 1 is 0.800 bits per heavy atom. The molecule has 5 rings (SSSR count). The number of aromatic nitrogens is 3. The third-order valence-corrected chi connectivity index (χ3v) is 5.14. The number of nitrogens with zero attached hydrogens (tertiary/aromatic N) is 3. The number of para-hydroxylation sites is 4. The lowest BCUT2D eigenvalue weighted by Crippen LogP contribution is -2.25. The van der Waals surface area contributed by atoms with Crippen molar-refractivity contribution in [3.05, 3.63) is 100 Å². The molecule has 0 amide bonds. The fourth-order valence-electron chi connectivity index (χ4n) is 3.38. The summed E-state index contributed by atoms with van der Waals surface area (Å²) in [7, 11) is 0. The predicted molar refractivity (Wildman–Crippen MR) is 117 cm³/mol. The largest absolute Gasteiger partial charge is 0.493 e. The fraction of sp³-hybridized carbons (Fsp3) is 0. The zero-order valence-corrected chi connectivity index (χ0v) is 16.4. The summed E-state index contributed by atoms with van der Waals surface area (Å²) in [4.78, 5) is 17.9. The van der Waals surface area contributed by atoms with E-state index in [1.54, 1.807) is 36.4 Å². The van der Waals surface area contributed by atoms with Gasteiger partial charge >= 0.3 is 0 Å². The second-order valence-electron chi connectivity index (χ2n) is 6.61. The monoisotopic (exact) mass is 413 g/mol. The maximum atomic E-state index is 13.5. The van der Waals surface area contributed by atoms with E-state index < -0.39 is 5.56 Å². The first kappa shape index (κ1) is 18.1. The smallest absolute Gasteiger partial charge is 0.275 e. The predicted octanol–water partition coefficient (Wildman–Crippen LogP) is 4.87. The van der Waals surface area contributed by atoms with Crippen molar-refractivity contribution >= 4 is 23.3 Å². The molecule has 5 aromatic rings. The van der Waals surface area contributed by atoms with Crippen LogP contribution in [0.1, 0.15) is 0 Å². The van der Waals surface area contributed by atoms with Crippen LogP contribution in [0, 0.1) is 4.77 Å². The third-order valence-electron chi connectivity index (χ3n) is 4.77. The van der Waals surface area contributed by atoms with Crippen LogP contribution in [0.4, 0.5) is 0 Å². The lowest BCUT2D eigenvalue weighted by atomic mass is 10.2. The Balaban J connectivity index is 1.91. The van der Waals surface area contributed by atoms with E-state index in [0.717, 1.165) is 0 Å². The Bertz CT molecular complexity index is 1450. The van der Waals surface area contributed by atoms with Crippen LogP contribution in [-0.4, -0.2) is 19.2 Å². The SMILES string of the molecule is O=c1c(-c2nc3ccccc3o2)c(O)n(-c2ccccc2)c(=S)n1-c1ccccc1. The van der Waals surface area contributed by atoms with Gasteiger partial charge in [0, 0.05) is 0 Å². The Labute approximate surface area is 175 Å². The number of aromatic hydroxyl groups is 1. The summed E-state index contributed by atoms with van der Waals surface area (Å²) < 4.78 is 8.75. The first-order valence-corrected chi connectivity index (χ1v) is 9.64. The summed E-state index contributed by atoms with van der Waals surface area (Å²) in [5.41, 5.74) is 1.73. The summed E-state index contributed by atoms with van der Waals surface area (Å²) in [6.45, 7) is 0. The molecule has 2 heterocycles. The van der Waals surface area contributed by atoms with Crippen molar-refractivity contribution in [2.24, 2.45) is 0 Å². The maximum absolute atomic E-state index is 13.5. The Kier molecular flexibility index (Phi) is 4.30. The van der Waals surface area contributed by atoms with Gasteiger partial charge in [0.15, 0.2) is 15.9 Å². The van der Waals surface area contributed by atoms with E-state index >= 15 is 0 Å². The molecule has 0 spiro atoms. The topological polar surface area (TPSA) is 73.2 Å². The molecule has 0 aliphatic carbocycles. The summed E-state index contributed by atoms with van der Waals surface area (Å²) in [5.74, 6) is -0.294. The van der Waals surface area contributed by atoms with E-state index in [-0.39, 0.29) is 22.1 Å². The summed E-state index contributed by atoms with van der Waals surface area (Å²) in [6.07, 6.45) is 0. The van der Waals surface area contributed by atoms with E-state index in [2.05, 4.69) is 4.98 Å². The Hall–Kier alpha value is -3.97. The van der Waals surface area contributed by atoms with Gasteiger partial charge in [0.25, 0.3) is 5.56 Å². The Morgan fingerprint density at radius 2 is 1.37 bits per heavy atom. The van der Waals surface area contributed by atoms with Gasteiger partial charge in [-0.15, -0.1) is 0 Å². The lowest BCUT2D eigenvalue weighted by molar-refractivity contribution is 0.430. The molecule has 0 unspecified atom stereocenters. The molecule has 3 aromatic carbocycles. The maximum Gasteiger partial charge on any atom is 0.275 e. The molecule has 0 aliphatic rings. The molecule has 146 valence electrons. The number of rotatable bonds is 3. The first-order valence-electron chi connectivity index (χ1n) is 9.23. The van der Waals surface area contributed by atoms with Crippen LogP contribution in [0.15, 0.2) is 94.1 Å². The molecule has 0 saturated carbocycles. The van der Waals surface area contributed by atoms with E-state index in [1.807, 2.05) is 48.5 Å². The molecule has 6 nitrogen and oxygen atoms in total. The highest BCUT2D eigenvalue weighted by Crippen LogP contribution is 2.31. The molecule has 0 bridgehead atoms. The Morgan fingerprint density at radius 3 is 2.00 bits per heavy atom. The molecule has 2 aromatic heterocycles. The minimum Gasteiger partial charge on any atom is -0.493 e. The van der Waals surface area contributed by atoms with Crippen LogP contribution in [0.5, 0.6) is 5.88 Å². The standard InChI is InChI=1S/C23H15N3O3S/c27-21-19(20-24-17-13-7-8-14-18(17)29-20)22(28)26(16-11-5-2-6-12-16)23(30)25(21)15-9-3-1-4-10-15/h1-14,27H. The second-order valence-corrected chi connectivity index (χ2v) is 6.98. The molecular weight excluding hydrogens is 398 g/mol. The summed E-state index contributed by atoms with van der Waals surface area (Å²) in [5, 5.41) is 11.1. The zero-order chi connectivity index (χ0) is 20.7. The van der Waals surface area contributed by atoms with Crippen LogP contribution in [0.25, 0.3) is 33.9 Å². The van der Waals surface area contributed by atoms with Crippen LogP contribution in [0.2, 0.25) is 0 Å². The molecule has 7 heteroatoms. The average Bonchev–Trinajstić information content (AvgIpc) is 3.19. The van der Waals surface area contributed by atoms with Gasteiger partial charge in [0.05, 0.1) is 11.4 Å². The van der Waals surface area contributed by atoms with Crippen LogP contribution in [-0.2, 0) is 0 Å². The normalized spacial score (nSPS) is 11.1. The number of benzene rings is 3. The van der Waals surface area contributed by atoms with Crippen LogP contribution in [0.3, 0.4) is 0 Å². The van der Waals surface area contributed by atoms with Crippen LogP contribution < -0.4 is 5.56 Å². The fourth-order valence-corrected chi connectivity index (χ4v) is 3.76. The highest BCUT2D eigenvalue weighted by molar-refractivity contribution is 7.71. The number of oxazole rings is 1. The van der Waals surface area contributed by atoms with E-state index in [9.17, 15) is 9.90 Å². The van der Waals surface area contributed by atoms with Crippen molar-refractivity contribution in [2.45, 2.75) is 0 Å². The molecule has 1 N–H and O–H groups in total. The highest BCUT2D eigenvalue weighted by atomic mass is 32.1. The minimum absolute atomic E-state index is 0.0306. The molecule has 0 aliphatic heterocycles. The number of hydrogen-bond acceptors (Lipinski definition) is 5. The zero-order valence-electron chi connectivity index (χ0n) is 15.6. The average molecular weight is 413 g/mol. The van der Waals surface area contributed by atoms with Crippen molar-refractivity contribution in [1.29, 1.82) is 0 Å². The van der Waals surface area contributed by atoms with Crippen molar-refractivity contribution in [2.75, 3.05) is 0 Å². The molecule has 0 radical (unpaired) electrons. The van der Waals surface area contributed by atoms with Gasteiger partial charge in [-0.05, 0) is 48.6 Å². The van der Waals surface area contributed by atoms with Crippen molar-refractivity contribution in [3.8, 4) is 28.7 Å². The summed E-state index contributed by atoms with van der Waals surface area (Å²) in [6, 6.07) is 25.3. The minimum atomic E-state index is -0.512. The number of fused-ring (bicyclic) bond motifs is 1. The lowest BCUT2D eigenvalue weighted by Gasteiger charge is -2.16. The third kappa shape index (κ3) is 2.84. The molecule has 0 atom stereocenters. The highest BCUT2D eigenvalue weighted by Gasteiger charge is 2.24. The molecular formula is C23H15N3O3S. The van der Waals surface area contributed by atoms with Gasteiger partial charge in [0.2, 0.25) is 11.8 Å². The van der Waals surface area contributed by atoms with E-state index in [4.69, 9.17) is 16.6 Å². The van der Waals surface area contributed by atoms with E-state index in [1.165, 1.54) is 9.13 Å². The van der Waals surface area contributed by atoms with Gasteiger partial charge in [-0.1, -0.05) is 48.5 Å². The van der Waals surface area contributed by atoms with Gasteiger partial charge in [-0.2, -0.15) is 0 Å². The molecule has 30 heavy (non-hydrogen) atoms. The number of hydrogen-bond donors (Lipinski definition) is 1. The first-order chi connectivity index (χ1) is 14.6. The van der Waals surface area contributed by atoms with E-state index in [0.29, 0.717) is 22.5 Å².